The van der Waals surface area contributed by atoms with Crippen molar-refractivity contribution in [3.05, 3.63) is 66.3 Å². The van der Waals surface area contributed by atoms with Crippen LogP contribution in [0, 0.1) is 0 Å². The second-order valence-corrected chi connectivity index (χ2v) is 8.52. The Balaban J connectivity index is 2.06. The molecule has 0 unspecified atom stereocenters. The molecule has 0 spiro atoms. The molecule has 0 aliphatic heterocycles. The first-order chi connectivity index (χ1) is 13.8. The van der Waals surface area contributed by atoms with Gasteiger partial charge in [-0.25, -0.2) is 0 Å². The van der Waals surface area contributed by atoms with Crippen molar-refractivity contribution in [1.82, 2.24) is 0 Å². The lowest BCUT2D eigenvalue weighted by Gasteiger charge is -2.40. The van der Waals surface area contributed by atoms with Crippen LogP contribution in [0.1, 0.15) is 12.5 Å². The van der Waals surface area contributed by atoms with Gasteiger partial charge in [0.1, 0.15) is 11.5 Å². The van der Waals surface area contributed by atoms with Crippen LogP contribution in [0.5, 0.6) is 11.5 Å². The molecule has 1 amide bonds. The molecule has 2 aromatic carbocycles. The molecule has 30 heavy (non-hydrogen) atoms. The van der Waals surface area contributed by atoms with Crippen LogP contribution in [0.15, 0.2) is 65.6 Å². The molecule has 0 bridgehead atoms. The van der Waals surface area contributed by atoms with Gasteiger partial charge in [0.25, 0.3) is 0 Å². The van der Waals surface area contributed by atoms with E-state index in [0.29, 0.717) is 23.7 Å². The zero-order valence-corrected chi connectivity index (χ0v) is 16.9. The average Bonchev–Trinajstić information content (AvgIpc) is 2.65. The summed E-state index contributed by atoms with van der Waals surface area (Å²) in [6, 6.07) is 6.98. The Kier molecular flexibility index (Phi) is 6.22. The topological polar surface area (TPSA) is 47.6 Å². The molecule has 4 nitrogen and oxygen atoms in total. The monoisotopic (exact) mass is 449 g/mol. The Labute approximate surface area is 170 Å². The third kappa shape index (κ3) is 6.80. The molecule has 164 valence electrons. The number of amides is 1. The number of ether oxygens (including phenoxy) is 2. The first-order valence-corrected chi connectivity index (χ1v) is 10.5. The zero-order chi connectivity index (χ0) is 22.5. The van der Waals surface area contributed by atoms with Crippen LogP contribution in [-0.2, 0) is 4.79 Å². The van der Waals surface area contributed by atoms with Gasteiger partial charge >= 0.3 is 10.2 Å². The first kappa shape index (κ1) is 23.3. The Hall–Kier alpha value is -3.01. The van der Waals surface area contributed by atoms with Gasteiger partial charge in [-0.05, 0) is 55.0 Å². The van der Waals surface area contributed by atoms with Crippen LogP contribution in [0.3, 0.4) is 0 Å². The second kappa shape index (κ2) is 8.02. The van der Waals surface area contributed by atoms with Crippen molar-refractivity contribution in [2.75, 3.05) is 19.0 Å². The van der Waals surface area contributed by atoms with Crippen LogP contribution in [0.2, 0.25) is 0 Å². The Bertz CT molecular complexity index is 971. The summed E-state index contributed by atoms with van der Waals surface area (Å²) in [6.07, 6.45) is 6.26. The minimum atomic E-state index is -9.74. The zero-order valence-electron chi connectivity index (χ0n) is 16.1. The van der Waals surface area contributed by atoms with E-state index in [9.17, 15) is 24.2 Å². The molecule has 0 fully saturated rings. The molecule has 2 rings (SSSR count). The van der Waals surface area contributed by atoms with Gasteiger partial charge in [-0.15, -0.1) is 0 Å². The highest BCUT2D eigenvalue weighted by Gasteiger charge is 2.65. The first-order valence-electron chi connectivity index (χ1n) is 8.57. The molecule has 0 saturated heterocycles. The summed E-state index contributed by atoms with van der Waals surface area (Å²) >= 11 is 0. The number of benzene rings is 2. The fraction of sp³-hybridized carbons (Fsp3) is 0.150. The summed E-state index contributed by atoms with van der Waals surface area (Å²) in [5, 5.41) is 2.30. The van der Waals surface area contributed by atoms with E-state index >= 15 is 0 Å². The fourth-order valence-electron chi connectivity index (χ4n) is 2.29. The van der Waals surface area contributed by atoms with Crippen molar-refractivity contribution in [2.45, 2.75) is 11.8 Å². The maximum absolute atomic E-state index is 12.7. The average molecular weight is 449 g/mol. The summed E-state index contributed by atoms with van der Waals surface area (Å²) in [4.78, 5) is 9.94. The van der Waals surface area contributed by atoms with Crippen molar-refractivity contribution < 1.29 is 33.7 Å². The molecule has 0 saturated carbocycles. The standard InChI is InChI=1S/C20H20F5NO3S/c1-3-4-13-29-18-11-5-15(14-19(18)28-2)6-12-20(27)26-16-7-9-17(10-8-16)30(21,22,23,24)25/h3-12,14H,13H2,1-2H3,(H,26,27). The van der Waals surface area contributed by atoms with E-state index in [2.05, 4.69) is 5.32 Å². The van der Waals surface area contributed by atoms with Gasteiger partial charge in [0.15, 0.2) is 11.5 Å². The van der Waals surface area contributed by atoms with Gasteiger partial charge in [-0.2, -0.15) is 0 Å². The third-order valence-corrected chi connectivity index (χ3v) is 4.92. The largest absolute Gasteiger partial charge is 0.493 e. The molecule has 0 aliphatic carbocycles. The van der Waals surface area contributed by atoms with Crippen LogP contribution < -0.4 is 14.8 Å². The van der Waals surface area contributed by atoms with Crippen molar-refractivity contribution in [3.8, 4) is 11.5 Å². The summed E-state index contributed by atoms with van der Waals surface area (Å²) in [5.74, 6) is 0.317. The molecule has 10 heteroatoms. The molecule has 0 radical (unpaired) electrons. The van der Waals surface area contributed by atoms with Crippen LogP contribution in [-0.4, -0.2) is 19.6 Å². The summed E-state index contributed by atoms with van der Waals surface area (Å²) in [6.45, 7) is 2.23. The van der Waals surface area contributed by atoms with Gasteiger partial charge < -0.3 is 14.8 Å². The normalized spacial score (nSPS) is 14.4. The highest BCUT2D eigenvalue weighted by molar-refractivity contribution is 8.45. The highest BCUT2D eigenvalue weighted by Crippen LogP contribution is 3.02. The smallest absolute Gasteiger partial charge is 0.310 e. The molecule has 2 aromatic rings. The minimum Gasteiger partial charge on any atom is -0.493 e. The Morgan fingerprint density at radius 3 is 2.27 bits per heavy atom. The number of carbonyl (C=O) groups excluding carboxylic acids is 1. The number of hydrogen-bond donors (Lipinski definition) is 1. The van der Waals surface area contributed by atoms with Gasteiger partial charge in [0, 0.05) is 11.8 Å². The number of allylic oxidation sites excluding steroid dienone is 1. The summed E-state index contributed by atoms with van der Waals surface area (Å²) in [5.41, 5.74) is 0.553. The number of halogens is 5. The van der Waals surface area contributed by atoms with E-state index in [0.717, 1.165) is 18.2 Å². The minimum absolute atomic E-state index is 0.0550. The van der Waals surface area contributed by atoms with E-state index in [-0.39, 0.29) is 17.8 Å². The van der Waals surface area contributed by atoms with Crippen molar-refractivity contribution in [1.29, 1.82) is 0 Å². The molecule has 1 N–H and O–H groups in total. The lowest BCUT2D eigenvalue weighted by atomic mass is 10.2. The van der Waals surface area contributed by atoms with E-state index < -0.39 is 21.0 Å². The maximum atomic E-state index is 12.7. The van der Waals surface area contributed by atoms with E-state index in [1.165, 1.54) is 13.2 Å². The molecule has 0 atom stereocenters. The molecule has 0 aliphatic rings. The van der Waals surface area contributed by atoms with Gasteiger partial charge in [-0.1, -0.05) is 37.6 Å². The quantitative estimate of drug-likeness (QED) is 0.269. The van der Waals surface area contributed by atoms with Gasteiger partial charge in [0.2, 0.25) is 5.91 Å². The number of methoxy groups -OCH3 is 1. The van der Waals surface area contributed by atoms with Crippen molar-refractivity contribution in [2.24, 2.45) is 0 Å². The summed E-state index contributed by atoms with van der Waals surface area (Å²) in [7, 11) is -8.27. The Morgan fingerprint density at radius 2 is 1.70 bits per heavy atom. The van der Waals surface area contributed by atoms with Crippen LogP contribution >= 0.6 is 10.2 Å². The third-order valence-electron chi connectivity index (χ3n) is 3.75. The number of hydrogen-bond acceptors (Lipinski definition) is 3. The van der Waals surface area contributed by atoms with Gasteiger partial charge in [0.05, 0.1) is 7.11 Å². The number of nitrogens with one attached hydrogen (secondary N) is 1. The molecule has 0 heterocycles. The summed E-state index contributed by atoms with van der Waals surface area (Å²) < 4.78 is 74.3. The Morgan fingerprint density at radius 1 is 1.03 bits per heavy atom. The fourth-order valence-corrected chi connectivity index (χ4v) is 2.94. The molecular formula is C20H20F5NO3S. The van der Waals surface area contributed by atoms with Gasteiger partial charge in [-0.3, -0.25) is 4.79 Å². The maximum Gasteiger partial charge on any atom is 0.310 e. The van der Waals surface area contributed by atoms with Crippen molar-refractivity contribution >= 4 is 27.9 Å². The van der Waals surface area contributed by atoms with Crippen LogP contribution in [0.4, 0.5) is 25.1 Å². The highest BCUT2D eigenvalue weighted by atomic mass is 32.5. The lowest BCUT2D eigenvalue weighted by molar-refractivity contribution is -0.111. The van der Waals surface area contributed by atoms with Crippen molar-refractivity contribution in [3.63, 3.8) is 0 Å². The second-order valence-electron chi connectivity index (χ2n) is 6.11. The lowest BCUT2D eigenvalue weighted by Crippen LogP contribution is -2.09. The predicted octanol–water partition coefficient (Wildman–Crippen LogP) is 6.96. The number of anilines is 1. The van der Waals surface area contributed by atoms with E-state index in [4.69, 9.17) is 9.47 Å². The SMILES string of the molecule is CC=CCOc1ccc(C=CC(=O)Nc2ccc(S(F)(F)(F)(F)F)cc2)cc1OC. The predicted molar refractivity (Wildman–Crippen MR) is 109 cm³/mol. The van der Waals surface area contributed by atoms with Crippen LogP contribution in [0.25, 0.3) is 6.08 Å². The molecular weight excluding hydrogens is 429 g/mol. The molecule has 0 aromatic heterocycles. The number of rotatable bonds is 8. The van der Waals surface area contributed by atoms with E-state index in [1.54, 1.807) is 18.2 Å². The van der Waals surface area contributed by atoms with E-state index in [1.807, 2.05) is 19.1 Å². The number of carbonyl (C=O) groups is 1.